The first-order chi connectivity index (χ1) is 15.4. The van der Waals surface area contributed by atoms with Gasteiger partial charge in [-0.2, -0.15) is 5.26 Å². The number of rotatable bonds is 2. The number of cyclic esters (lactones) is 1. The molecule has 0 radical (unpaired) electrons. The first-order valence-corrected chi connectivity index (χ1v) is 10.8. The van der Waals surface area contributed by atoms with E-state index in [0.717, 1.165) is 10.0 Å². The van der Waals surface area contributed by atoms with Crippen LogP contribution in [0.4, 0.5) is 23.0 Å². The Morgan fingerprint density at radius 1 is 1.16 bits per heavy atom. The van der Waals surface area contributed by atoms with Crippen LogP contribution in [-0.2, 0) is 9.53 Å². The number of halogens is 2. The van der Waals surface area contributed by atoms with Crippen LogP contribution < -0.4 is 16.4 Å². The molecule has 1 atom stereocenters. The Balaban J connectivity index is 1.86. The zero-order valence-corrected chi connectivity index (χ0v) is 18.8. The highest BCUT2D eigenvalue weighted by Crippen LogP contribution is 2.52. The fraction of sp³-hybridized carbons (Fsp3) is 0.0870. The Labute approximate surface area is 197 Å². The average molecular weight is 509 g/mol. The van der Waals surface area contributed by atoms with Crippen molar-refractivity contribution in [2.24, 2.45) is 0 Å². The summed E-state index contributed by atoms with van der Waals surface area (Å²) in [5.74, 6) is -0.531. The van der Waals surface area contributed by atoms with Crippen LogP contribution in [0.15, 0.2) is 64.3 Å². The Bertz CT molecular complexity index is 1350. The molecule has 32 heavy (non-hydrogen) atoms. The van der Waals surface area contributed by atoms with Gasteiger partial charge >= 0.3 is 5.97 Å². The second-order valence-corrected chi connectivity index (χ2v) is 8.72. The van der Waals surface area contributed by atoms with Crippen molar-refractivity contribution in [2.45, 2.75) is 5.92 Å². The molecule has 9 heteroatoms. The van der Waals surface area contributed by atoms with Crippen molar-refractivity contribution in [3.05, 3.63) is 86.0 Å². The van der Waals surface area contributed by atoms with Gasteiger partial charge in [-0.1, -0.05) is 39.7 Å². The molecule has 4 N–H and O–H groups in total. The monoisotopic (exact) mass is 507 g/mol. The van der Waals surface area contributed by atoms with Crippen LogP contribution in [0.25, 0.3) is 0 Å². The summed E-state index contributed by atoms with van der Waals surface area (Å²) in [5, 5.41) is 10.2. The van der Waals surface area contributed by atoms with Gasteiger partial charge in [-0.3, -0.25) is 4.90 Å². The molecule has 2 aliphatic rings. The van der Waals surface area contributed by atoms with E-state index in [1.165, 1.54) is 0 Å². The molecule has 0 amide bonds. The molecular formula is C23H15BrClN5O2. The van der Waals surface area contributed by atoms with Gasteiger partial charge in [0.15, 0.2) is 0 Å². The van der Waals surface area contributed by atoms with Crippen molar-refractivity contribution in [2.75, 3.05) is 23.0 Å². The molecule has 3 aromatic rings. The van der Waals surface area contributed by atoms with Gasteiger partial charge in [0.05, 0.1) is 17.0 Å². The molecule has 0 spiro atoms. The summed E-state index contributed by atoms with van der Waals surface area (Å²) in [6.07, 6.45) is 0. The van der Waals surface area contributed by atoms with E-state index in [0.29, 0.717) is 33.4 Å². The average Bonchev–Trinajstić information content (AvgIpc) is 3.15. The van der Waals surface area contributed by atoms with Crippen LogP contribution in [-0.4, -0.2) is 17.6 Å². The Morgan fingerprint density at radius 2 is 1.84 bits per heavy atom. The number of carbonyl (C=O) groups excluding carboxylic acids is 1. The van der Waals surface area contributed by atoms with E-state index < -0.39 is 11.9 Å². The number of benzene rings is 2. The third-order valence-electron chi connectivity index (χ3n) is 5.61. The topological polar surface area (TPSA) is 118 Å². The number of anilines is 4. The molecule has 1 aromatic heterocycles. The number of pyridine rings is 1. The molecule has 2 aliphatic heterocycles. The van der Waals surface area contributed by atoms with Gasteiger partial charge in [0, 0.05) is 26.7 Å². The van der Waals surface area contributed by atoms with Crippen LogP contribution in [0.3, 0.4) is 0 Å². The van der Waals surface area contributed by atoms with Crippen molar-refractivity contribution < 1.29 is 9.53 Å². The number of aromatic nitrogens is 1. The first-order valence-electron chi connectivity index (χ1n) is 9.61. The van der Waals surface area contributed by atoms with E-state index in [2.05, 4.69) is 20.9 Å². The van der Waals surface area contributed by atoms with Crippen LogP contribution >= 0.6 is 27.5 Å². The van der Waals surface area contributed by atoms with Crippen LogP contribution in [0.1, 0.15) is 22.6 Å². The second-order valence-electron chi connectivity index (χ2n) is 7.37. The van der Waals surface area contributed by atoms with Gasteiger partial charge in [-0.15, -0.1) is 0 Å². The molecule has 1 unspecified atom stereocenters. The molecule has 7 nitrogen and oxygen atoms in total. The number of nitrogen functional groups attached to an aromatic ring is 2. The molecule has 0 fully saturated rings. The molecule has 2 aromatic carbocycles. The molecule has 0 bridgehead atoms. The third-order valence-corrected chi connectivity index (χ3v) is 6.39. The fourth-order valence-electron chi connectivity index (χ4n) is 4.20. The highest BCUT2D eigenvalue weighted by Gasteiger charge is 2.45. The highest BCUT2D eigenvalue weighted by atomic mass is 79.9. The summed E-state index contributed by atoms with van der Waals surface area (Å²) >= 11 is 9.53. The molecule has 0 saturated heterocycles. The van der Waals surface area contributed by atoms with Crippen molar-refractivity contribution in [3.8, 4) is 6.07 Å². The molecule has 3 heterocycles. The normalized spacial score (nSPS) is 17.0. The molecular weight excluding hydrogens is 494 g/mol. The van der Waals surface area contributed by atoms with E-state index in [1.807, 2.05) is 42.5 Å². The lowest BCUT2D eigenvalue weighted by molar-refractivity contribution is -0.136. The summed E-state index contributed by atoms with van der Waals surface area (Å²) in [6, 6.07) is 16.7. The van der Waals surface area contributed by atoms with Crippen LogP contribution in [0.5, 0.6) is 0 Å². The van der Waals surface area contributed by atoms with Crippen molar-refractivity contribution >= 4 is 56.5 Å². The SMILES string of the molecule is N#Cc1c(N)nc2c(c1N)C(c1ccc(Br)cc1)C1=C(COC1=O)N2c1ccc(Cl)cc1. The lowest BCUT2D eigenvalue weighted by Crippen LogP contribution is -2.30. The van der Waals surface area contributed by atoms with E-state index in [1.54, 1.807) is 17.0 Å². The van der Waals surface area contributed by atoms with Gasteiger partial charge in [0.25, 0.3) is 0 Å². The number of ether oxygens (including phenoxy) is 1. The number of fused-ring (bicyclic) bond motifs is 1. The zero-order chi connectivity index (χ0) is 22.6. The van der Waals surface area contributed by atoms with Crippen molar-refractivity contribution in [1.29, 1.82) is 5.26 Å². The minimum absolute atomic E-state index is 0.0200. The maximum absolute atomic E-state index is 12.9. The maximum Gasteiger partial charge on any atom is 0.337 e. The Morgan fingerprint density at radius 3 is 2.50 bits per heavy atom. The van der Waals surface area contributed by atoms with E-state index >= 15 is 0 Å². The maximum atomic E-state index is 12.9. The zero-order valence-electron chi connectivity index (χ0n) is 16.5. The number of hydrogen-bond donors (Lipinski definition) is 2. The Hall–Kier alpha value is -3.54. The summed E-state index contributed by atoms with van der Waals surface area (Å²) in [7, 11) is 0. The number of nitrogens with zero attached hydrogens (tertiary/aromatic N) is 3. The number of carbonyl (C=O) groups is 1. The first kappa shape index (κ1) is 20.4. The highest BCUT2D eigenvalue weighted by molar-refractivity contribution is 9.10. The van der Waals surface area contributed by atoms with E-state index in [9.17, 15) is 10.1 Å². The van der Waals surface area contributed by atoms with Crippen LogP contribution in [0.2, 0.25) is 5.02 Å². The smallest absolute Gasteiger partial charge is 0.337 e. The molecule has 0 aliphatic carbocycles. The molecule has 158 valence electrons. The minimum Gasteiger partial charge on any atom is -0.456 e. The minimum atomic E-state index is -0.563. The largest absolute Gasteiger partial charge is 0.456 e. The summed E-state index contributed by atoms with van der Waals surface area (Å²) in [5.41, 5.74) is 16.0. The molecule has 5 rings (SSSR count). The molecule has 0 saturated carbocycles. The summed E-state index contributed by atoms with van der Waals surface area (Å²) in [4.78, 5) is 19.3. The lowest BCUT2D eigenvalue weighted by atomic mass is 9.80. The number of esters is 1. The number of nitrogens with two attached hydrogens (primary N) is 2. The summed E-state index contributed by atoms with van der Waals surface area (Å²) < 4.78 is 6.35. The lowest BCUT2D eigenvalue weighted by Gasteiger charge is -2.35. The van der Waals surface area contributed by atoms with E-state index in [4.69, 9.17) is 27.8 Å². The predicted octanol–water partition coefficient (Wildman–Crippen LogP) is 4.63. The van der Waals surface area contributed by atoms with Gasteiger partial charge in [0.1, 0.15) is 29.9 Å². The van der Waals surface area contributed by atoms with E-state index in [-0.39, 0.29) is 23.7 Å². The van der Waals surface area contributed by atoms with Gasteiger partial charge < -0.3 is 16.2 Å². The Kier molecular flexibility index (Phi) is 4.81. The van der Waals surface area contributed by atoms with Crippen molar-refractivity contribution in [1.82, 2.24) is 4.98 Å². The van der Waals surface area contributed by atoms with Gasteiger partial charge in [0.2, 0.25) is 0 Å². The van der Waals surface area contributed by atoms with Gasteiger partial charge in [-0.05, 0) is 42.0 Å². The summed E-state index contributed by atoms with van der Waals surface area (Å²) in [6.45, 7) is 0.0742. The third kappa shape index (κ3) is 3.01. The predicted molar refractivity (Wildman–Crippen MR) is 125 cm³/mol. The van der Waals surface area contributed by atoms with Crippen LogP contribution in [0, 0.1) is 11.3 Å². The number of hydrogen-bond acceptors (Lipinski definition) is 7. The standard InChI is InChI=1S/C23H15BrClN5O2/c24-12-3-1-11(2-4-12)17-18-16(10-32-23(18)31)30(14-7-5-13(25)6-8-14)22-19(17)20(27)15(9-26)21(28)29-22/h1-8,17H,10H2,(H4,27,28,29). The van der Waals surface area contributed by atoms with Crippen molar-refractivity contribution in [3.63, 3.8) is 0 Å². The number of nitriles is 1. The van der Waals surface area contributed by atoms with Gasteiger partial charge in [-0.25, -0.2) is 9.78 Å². The quantitative estimate of drug-likeness (QED) is 0.485. The fourth-order valence-corrected chi connectivity index (χ4v) is 4.59. The second kappa shape index (κ2) is 7.55.